The van der Waals surface area contributed by atoms with Crippen molar-refractivity contribution in [1.82, 2.24) is 14.3 Å². The van der Waals surface area contributed by atoms with Gasteiger partial charge in [0.2, 0.25) is 0 Å². The third kappa shape index (κ3) is 2.54. The predicted octanol–water partition coefficient (Wildman–Crippen LogP) is 2.92. The summed E-state index contributed by atoms with van der Waals surface area (Å²) in [5, 5.41) is 4.36. The molecule has 2 heterocycles. The van der Waals surface area contributed by atoms with Gasteiger partial charge in [0.1, 0.15) is 0 Å². The lowest BCUT2D eigenvalue weighted by molar-refractivity contribution is 0.101. The summed E-state index contributed by atoms with van der Waals surface area (Å²) < 4.78 is 3.84. The van der Waals surface area contributed by atoms with Gasteiger partial charge in [-0.3, -0.25) is 4.79 Å². The first-order valence-electron chi connectivity index (χ1n) is 6.48. The van der Waals surface area contributed by atoms with Crippen molar-refractivity contribution in [2.45, 2.75) is 13.5 Å². The number of aromatic nitrogens is 3. The molecule has 4 nitrogen and oxygen atoms in total. The van der Waals surface area contributed by atoms with Gasteiger partial charge in [-0.15, -0.1) is 0 Å². The molecule has 4 heteroatoms. The Balaban J connectivity index is 1.78. The molecule has 3 aromatic rings. The first kappa shape index (κ1) is 12.4. The van der Waals surface area contributed by atoms with Crippen LogP contribution < -0.4 is 0 Å². The molecule has 0 aliphatic heterocycles. The molecule has 1 aromatic carbocycles. The number of hydrogen-bond donors (Lipinski definition) is 0. The average Bonchev–Trinajstić information content (AvgIpc) is 3.10. The molecule has 100 valence electrons. The second kappa shape index (κ2) is 5.17. The van der Waals surface area contributed by atoms with Crippen LogP contribution in [0, 0.1) is 0 Å². The Morgan fingerprint density at radius 2 is 1.95 bits per heavy atom. The fourth-order valence-electron chi connectivity index (χ4n) is 2.12. The number of nitrogens with zero attached hydrogens (tertiary/aromatic N) is 3. The molecule has 0 amide bonds. The maximum absolute atomic E-state index is 11.3. The van der Waals surface area contributed by atoms with E-state index in [0.29, 0.717) is 6.54 Å². The van der Waals surface area contributed by atoms with Crippen molar-refractivity contribution < 1.29 is 4.79 Å². The second-order valence-corrected chi connectivity index (χ2v) is 4.76. The molecule has 20 heavy (non-hydrogen) atoms. The average molecular weight is 265 g/mol. The summed E-state index contributed by atoms with van der Waals surface area (Å²) in [7, 11) is 0. The van der Waals surface area contributed by atoms with Crippen molar-refractivity contribution in [2.75, 3.05) is 0 Å². The summed E-state index contributed by atoms with van der Waals surface area (Å²) in [5.41, 5.74) is 2.87. The Morgan fingerprint density at radius 1 is 1.15 bits per heavy atom. The first-order chi connectivity index (χ1) is 9.72. The molecular formula is C16H15N3O. The van der Waals surface area contributed by atoms with Gasteiger partial charge in [-0.25, -0.2) is 4.68 Å². The molecule has 0 aliphatic carbocycles. The Labute approximate surface area is 117 Å². The molecule has 0 fully saturated rings. The number of Topliss-reactive ketones (excluding diaryl/α,β-unsaturated/α-hetero) is 1. The Bertz CT molecular complexity index is 725. The van der Waals surface area contributed by atoms with Gasteiger partial charge < -0.3 is 4.57 Å². The number of carbonyl (C=O) groups is 1. The summed E-state index contributed by atoms with van der Waals surface area (Å²) in [6.45, 7) is 2.28. The van der Waals surface area contributed by atoms with Crippen LogP contribution in [0.5, 0.6) is 0 Å². The van der Waals surface area contributed by atoms with Crippen LogP contribution in [0.25, 0.3) is 5.69 Å². The number of hydrogen-bond acceptors (Lipinski definition) is 2. The number of carbonyl (C=O) groups excluding carboxylic acids is 1. The van der Waals surface area contributed by atoms with Crippen molar-refractivity contribution in [3.63, 3.8) is 0 Å². The first-order valence-corrected chi connectivity index (χ1v) is 6.48. The fourth-order valence-corrected chi connectivity index (χ4v) is 2.12. The molecule has 0 radical (unpaired) electrons. The van der Waals surface area contributed by atoms with E-state index in [4.69, 9.17) is 0 Å². The monoisotopic (exact) mass is 265 g/mol. The van der Waals surface area contributed by atoms with E-state index in [1.54, 1.807) is 6.92 Å². The molecule has 0 saturated carbocycles. The molecule has 0 spiro atoms. The highest BCUT2D eigenvalue weighted by atomic mass is 16.1. The molecule has 2 aromatic heterocycles. The molecular weight excluding hydrogens is 250 g/mol. The molecule has 0 N–H and O–H groups in total. The van der Waals surface area contributed by atoms with Crippen molar-refractivity contribution in [2.24, 2.45) is 0 Å². The molecule has 0 bridgehead atoms. The highest BCUT2D eigenvalue weighted by molar-refractivity contribution is 5.93. The topological polar surface area (TPSA) is 39.8 Å². The van der Waals surface area contributed by atoms with Gasteiger partial charge in [-0.2, -0.15) is 5.10 Å². The van der Waals surface area contributed by atoms with Crippen LogP contribution in [-0.4, -0.2) is 20.1 Å². The van der Waals surface area contributed by atoms with Gasteiger partial charge in [0.15, 0.2) is 5.78 Å². The van der Waals surface area contributed by atoms with Crippen LogP contribution in [0.3, 0.4) is 0 Å². The quantitative estimate of drug-likeness (QED) is 0.680. The smallest absolute Gasteiger partial charge is 0.161 e. The Hall–Kier alpha value is -2.62. The summed E-state index contributed by atoms with van der Waals surface area (Å²) >= 11 is 0. The lowest BCUT2D eigenvalue weighted by atomic mass is 10.2. The molecule has 3 rings (SSSR count). The van der Waals surface area contributed by atoms with Crippen LogP contribution in [-0.2, 0) is 6.54 Å². The molecule has 0 atom stereocenters. The zero-order valence-electron chi connectivity index (χ0n) is 11.2. The number of rotatable bonds is 4. The van der Waals surface area contributed by atoms with E-state index in [-0.39, 0.29) is 5.78 Å². The predicted molar refractivity (Wildman–Crippen MR) is 77.1 cm³/mol. The standard InChI is InChI=1S/C16H15N3O/c1-13(20)15-7-8-18(12-15)10-14-9-17-19(11-14)16-5-3-2-4-6-16/h2-9,11-12H,10H2,1H3. The van der Waals surface area contributed by atoms with Gasteiger partial charge in [-0.1, -0.05) is 18.2 Å². The van der Waals surface area contributed by atoms with Crippen molar-refractivity contribution in [3.8, 4) is 5.69 Å². The van der Waals surface area contributed by atoms with E-state index in [2.05, 4.69) is 5.10 Å². The van der Waals surface area contributed by atoms with Crippen LogP contribution in [0.4, 0.5) is 0 Å². The lowest BCUT2D eigenvalue weighted by Crippen LogP contribution is -1.96. The third-order valence-corrected chi connectivity index (χ3v) is 3.18. The van der Waals surface area contributed by atoms with E-state index in [0.717, 1.165) is 16.8 Å². The van der Waals surface area contributed by atoms with Gasteiger partial charge >= 0.3 is 0 Å². The molecule has 0 saturated heterocycles. The molecule has 0 aliphatic rings. The Morgan fingerprint density at radius 3 is 2.65 bits per heavy atom. The van der Waals surface area contributed by atoms with Gasteiger partial charge in [-0.05, 0) is 25.1 Å². The van der Waals surface area contributed by atoms with Gasteiger partial charge in [0.05, 0.1) is 18.4 Å². The second-order valence-electron chi connectivity index (χ2n) is 4.76. The lowest BCUT2D eigenvalue weighted by Gasteiger charge is -2.00. The minimum Gasteiger partial charge on any atom is -0.349 e. The van der Waals surface area contributed by atoms with E-state index < -0.39 is 0 Å². The normalized spacial score (nSPS) is 10.7. The zero-order valence-corrected chi connectivity index (χ0v) is 11.2. The van der Waals surface area contributed by atoms with E-state index in [1.165, 1.54) is 0 Å². The Kier molecular flexibility index (Phi) is 3.21. The van der Waals surface area contributed by atoms with Crippen molar-refractivity contribution in [1.29, 1.82) is 0 Å². The largest absolute Gasteiger partial charge is 0.349 e. The zero-order chi connectivity index (χ0) is 13.9. The van der Waals surface area contributed by atoms with Crippen molar-refractivity contribution >= 4 is 5.78 Å². The van der Waals surface area contributed by atoms with Crippen LogP contribution in [0.1, 0.15) is 22.8 Å². The van der Waals surface area contributed by atoms with E-state index >= 15 is 0 Å². The van der Waals surface area contributed by atoms with E-state index in [9.17, 15) is 4.79 Å². The summed E-state index contributed by atoms with van der Waals surface area (Å²) in [6, 6.07) is 11.8. The van der Waals surface area contributed by atoms with Crippen LogP contribution in [0.15, 0.2) is 61.2 Å². The number of benzene rings is 1. The van der Waals surface area contributed by atoms with Crippen LogP contribution >= 0.6 is 0 Å². The molecule has 0 unspecified atom stereocenters. The fraction of sp³-hybridized carbons (Fsp3) is 0.125. The van der Waals surface area contributed by atoms with E-state index in [1.807, 2.05) is 70.4 Å². The maximum Gasteiger partial charge on any atom is 0.161 e. The number of ketones is 1. The highest BCUT2D eigenvalue weighted by Crippen LogP contribution is 2.10. The van der Waals surface area contributed by atoms with Gasteiger partial charge in [0, 0.05) is 29.7 Å². The minimum atomic E-state index is 0.0868. The van der Waals surface area contributed by atoms with Crippen molar-refractivity contribution in [3.05, 3.63) is 72.3 Å². The summed E-state index contributed by atoms with van der Waals surface area (Å²) in [5.74, 6) is 0.0868. The SMILES string of the molecule is CC(=O)c1ccn(Cc2cnn(-c3ccccc3)c2)c1. The number of para-hydroxylation sites is 1. The maximum atomic E-state index is 11.3. The minimum absolute atomic E-state index is 0.0868. The summed E-state index contributed by atoms with van der Waals surface area (Å²) in [4.78, 5) is 11.3. The summed E-state index contributed by atoms with van der Waals surface area (Å²) in [6.07, 6.45) is 7.63. The highest BCUT2D eigenvalue weighted by Gasteiger charge is 2.04. The van der Waals surface area contributed by atoms with Gasteiger partial charge in [0.25, 0.3) is 0 Å². The third-order valence-electron chi connectivity index (χ3n) is 3.18. The van der Waals surface area contributed by atoms with Crippen LogP contribution in [0.2, 0.25) is 0 Å².